The summed E-state index contributed by atoms with van der Waals surface area (Å²) < 4.78 is 5.17. The molecule has 0 spiro atoms. The average molecular weight is 271 g/mol. The lowest BCUT2D eigenvalue weighted by molar-refractivity contribution is 0.185. The number of methoxy groups -OCH3 is 1. The highest BCUT2D eigenvalue weighted by atomic mass is 16.5. The van der Waals surface area contributed by atoms with Gasteiger partial charge in [-0.2, -0.15) is 0 Å². The normalized spacial score (nSPS) is 10.6. The number of anilines is 1. The summed E-state index contributed by atoms with van der Waals surface area (Å²) in [5.41, 5.74) is 3.22. The minimum absolute atomic E-state index is 0.599. The molecule has 0 unspecified atom stereocenters. The van der Waals surface area contributed by atoms with Crippen molar-refractivity contribution in [3.05, 3.63) is 41.6 Å². The highest BCUT2D eigenvalue weighted by Gasteiger charge is 2.07. The van der Waals surface area contributed by atoms with Gasteiger partial charge in [0.15, 0.2) is 5.82 Å². The molecule has 4 nitrogen and oxygen atoms in total. The summed E-state index contributed by atoms with van der Waals surface area (Å²) in [4.78, 5) is 9.19. The molecule has 1 aromatic heterocycles. The molecule has 106 valence electrons. The molecule has 0 atom stereocenters. The van der Waals surface area contributed by atoms with Gasteiger partial charge in [0, 0.05) is 31.5 Å². The number of rotatable bonds is 6. The number of aryl methyl sites for hydroxylation is 1. The van der Waals surface area contributed by atoms with Gasteiger partial charge in [0.2, 0.25) is 0 Å². The second kappa shape index (κ2) is 7.01. The molecule has 4 heteroatoms. The predicted molar refractivity (Wildman–Crippen MR) is 81.7 cm³/mol. The van der Waals surface area contributed by atoms with Crippen LogP contribution in [0.2, 0.25) is 0 Å². The summed E-state index contributed by atoms with van der Waals surface area (Å²) in [5, 5.41) is 3.10. The zero-order valence-electron chi connectivity index (χ0n) is 12.3. The van der Waals surface area contributed by atoms with Crippen molar-refractivity contribution in [2.45, 2.75) is 26.4 Å². The van der Waals surface area contributed by atoms with E-state index in [-0.39, 0.29) is 0 Å². The smallest absolute Gasteiger partial charge is 0.161 e. The number of ether oxygens (including phenoxy) is 1. The lowest BCUT2D eigenvalue weighted by Crippen LogP contribution is -2.01. The van der Waals surface area contributed by atoms with Crippen LogP contribution in [0.3, 0.4) is 0 Å². The summed E-state index contributed by atoms with van der Waals surface area (Å²) in [6.07, 6.45) is 2.03. The Kier molecular flexibility index (Phi) is 5.07. The highest BCUT2D eigenvalue weighted by Crippen LogP contribution is 2.20. The molecule has 0 aliphatic heterocycles. The van der Waals surface area contributed by atoms with E-state index in [0.717, 1.165) is 41.3 Å². The maximum Gasteiger partial charge on any atom is 0.161 e. The van der Waals surface area contributed by atoms with Gasteiger partial charge in [0.25, 0.3) is 0 Å². The Morgan fingerprint density at radius 3 is 2.75 bits per heavy atom. The lowest BCUT2D eigenvalue weighted by atomic mass is 10.1. The van der Waals surface area contributed by atoms with Crippen LogP contribution in [0.15, 0.2) is 30.3 Å². The highest BCUT2D eigenvalue weighted by molar-refractivity contribution is 5.58. The number of aromatic nitrogens is 2. The minimum Gasteiger partial charge on any atom is -0.380 e. The van der Waals surface area contributed by atoms with Gasteiger partial charge < -0.3 is 10.1 Å². The first-order chi connectivity index (χ1) is 9.76. The van der Waals surface area contributed by atoms with Gasteiger partial charge in [0.1, 0.15) is 5.82 Å². The fraction of sp³-hybridized carbons (Fsp3) is 0.375. The van der Waals surface area contributed by atoms with Crippen molar-refractivity contribution in [1.82, 2.24) is 9.97 Å². The first-order valence-corrected chi connectivity index (χ1v) is 6.90. The van der Waals surface area contributed by atoms with E-state index in [2.05, 4.69) is 28.3 Å². The summed E-state index contributed by atoms with van der Waals surface area (Å²) in [6, 6.07) is 10.2. The van der Waals surface area contributed by atoms with Crippen LogP contribution in [0.4, 0.5) is 5.82 Å². The summed E-state index contributed by atoms with van der Waals surface area (Å²) in [6.45, 7) is 2.75. The van der Waals surface area contributed by atoms with E-state index in [0.29, 0.717) is 6.61 Å². The Hall–Kier alpha value is -1.94. The number of nitrogens with one attached hydrogen (secondary N) is 1. The third-order valence-corrected chi connectivity index (χ3v) is 3.04. The second-order valence-corrected chi connectivity index (χ2v) is 4.70. The maximum absolute atomic E-state index is 5.17. The SMILES string of the molecule is CCCc1cc(NC)nc(-c2cccc(COC)c2)n1. The number of hydrogen-bond acceptors (Lipinski definition) is 4. The van der Waals surface area contributed by atoms with Crippen molar-refractivity contribution in [2.24, 2.45) is 0 Å². The molecule has 0 saturated carbocycles. The van der Waals surface area contributed by atoms with Crippen molar-refractivity contribution in [3.63, 3.8) is 0 Å². The molecule has 1 N–H and O–H groups in total. The fourth-order valence-corrected chi connectivity index (χ4v) is 2.11. The van der Waals surface area contributed by atoms with Crippen molar-refractivity contribution in [3.8, 4) is 11.4 Å². The van der Waals surface area contributed by atoms with Crippen LogP contribution in [0, 0.1) is 0 Å². The summed E-state index contributed by atoms with van der Waals surface area (Å²) in [7, 11) is 3.58. The lowest BCUT2D eigenvalue weighted by Gasteiger charge is -2.08. The third kappa shape index (κ3) is 3.54. The van der Waals surface area contributed by atoms with Gasteiger partial charge in [-0.3, -0.25) is 0 Å². The molecular formula is C16H21N3O. The molecule has 0 fully saturated rings. The van der Waals surface area contributed by atoms with Gasteiger partial charge in [-0.1, -0.05) is 31.5 Å². The molecule has 2 aromatic rings. The van der Waals surface area contributed by atoms with E-state index < -0.39 is 0 Å². The van der Waals surface area contributed by atoms with E-state index in [4.69, 9.17) is 4.74 Å². The van der Waals surface area contributed by atoms with Crippen LogP contribution in [-0.4, -0.2) is 24.1 Å². The summed E-state index contributed by atoms with van der Waals surface area (Å²) in [5.74, 6) is 1.62. The average Bonchev–Trinajstić information content (AvgIpc) is 2.48. The van der Waals surface area contributed by atoms with Gasteiger partial charge >= 0.3 is 0 Å². The van der Waals surface area contributed by atoms with Crippen molar-refractivity contribution >= 4 is 5.82 Å². The van der Waals surface area contributed by atoms with Gasteiger partial charge in [-0.15, -0.1) is 0 Å². The Bertz CT molecular complexity index is 569. The largest absolute Gasteiger partial charge is 0.380 e. The topological polar surface area (TPSA) is 47.0 Å². The molecule has 0 aliphatic rings. The standard InChI is InChI=1S/C16H21N3O/c1-4-6-14-10-15(17-2)19-16(18-14)13-8-5-7-12(9-13)11-20-3/h5,7-10H,4,6,11H2,1-3H3,(H,17,18,19). The maximum atomic E-state index is 5.17. The van der Waals surface area contributed by atoms with E-state index in [1.807, 2.05) is 31.3 Å². The molecule has 0 amide bonds. The number of hydrogen-bond donors (Lipinski definition) is 1. The molecule has 20 heavy (non-hydrogen) atoms. The van der Waals surface area contributed by atoms with Crippen LogP contribution in [0.5, 0.6) is 0 Å². The quantitative estimate of drug-likeness (QED) is 0.875. The van der Waals surface area contributed by atoms with Crippen LogP contribution in [-0.2, 0) is 17.8 Å². The molecular weight excluding hydrogens is 250 g/mol. The van der Waals surface area contributed by atoms with Gasteiger partial charge in [-0.05, 0) is 18.1 Å². The Balaban J connectivity index is 2.39. The molecule has 0 saturated heterocycles. The van der Waals surface area contributed by atoms with Crippen molar-refractivity contribution in [2.75, 3.05) is 19.5 Å². The molecule has 2 rings (SSSR count). The Morgan fingerprint density at radius 1 is 1.20 bits per heavy atom. The van der Waals surface area contributed by atoms with Crippen LogP contribution in [0.25, 0.3) is 11.4 Å². The first kappa shape index (κ1) is 14.5. The summed E-state index contributed by atoms with van der Waals surface area (Å²) >= 11 is 0. The predicted octanol–water partition coefficient (Wildman–Crippen LogP) is 3.28. The van der Waals surface area contributed by atoms with Gasteiger partial charge in [0.05, 0.1) is 6.61 Å². The molecule has 0 bridgehead atoms. The number of nitrogens with zero attached hydrogens (tertiary/aromatic N) is 2. The molecule has 0 radical (unpaired) electrons. The van der Waals surface area contributed by atoms with Crippen molar-refractivity contribution < 1.29 is 4.74 Å². The minimum atomic E-state index is 0.599. The van der Waals surface area contributed by atoms with Crippen molar-refractivity contribution in [1.29, 1.82) is 0 Å². The van der Waals surface area contributed by atoms with E-state index in [1.54, 1.807) is 7.11 Å². The first-order valence-electron chi connectivity index (χ1n) is 6.90. The van der Waals surface area contributed by atoms with E-state index in [1.165, 1.54) is 0 Å². The second-order valence-electron chi connectivity index (χ2n) is 4.70. The van der Waals surface area contributed by atoms with Crippen LogP contribution >= 0.6 is 0 Å². The monoisotopic (exact) mass is 271 g/mol. The zero-order valence-corrected chi connectivity index (χ0v) is 12.3. The molecule has 1 heterocycles. The molecule has 1 aromatic carbocycles. The Morgan fingerprint density at radius 2 is 2.05 bits per heavy atom. The van der Waals surface area contributed by atoms with E-state index in [9.17, 15) is 0 Å². The third-order valence-electron chi connectivity index (χ3n) is 3.04. The van der Waals surface area contributed by atoms with Crippen LogP contribution < -0.4 is 5.32 Å². The zero-order chi connectivity index (χ0) is 14.4. The Labute approximate surface area is 120 Å². The van der Waals surface area contributed by atoms with E-state index >= 15 is 0 Å². The molecule has 0 aliphatic carbocycles. The number of benzene rings is 1. The van der Waals surface area contributed by atoms with Crippen LogP contribution in [0.1, 0.15) is 24.6 Å². The van der Waals surface area contributed by atoms with Gasteiger partial charge in [-0.25, -0.2) is 9.97 Å². The fourth-order valence-electron chi connectivity index (χ4n) is 2.11.